The lowest BCUT2D eigenvalue weighted by Crippen LogP contribution is -2.68. The van der Waals surface area contributed by atoms with E-state index in [0.29, 0.717) is 11.0 Å². The fraction of sp³-hybridized carbons (Fsp3) is 0.520. The van der Waals surface area contributed by atoms with Crippen molar-refractivity contribution in [1.82, 2.24) is 0 Å². The van der Waals surface area contributed by atoms with Gasteiger partial charge in [0.25, 0.3) is 8.32 Å². The summed E-state index contributed by atoms with van der Waals surface area (Å²) < 4.78 is 7.47. The third-order valence-electron chi connectivity index (χ3n) is 5.49. The van der Waals surface area contributed by atoms with Crippen LogP contribution in [0.2, 0.25) is 5.04 Å². The van der Waals surface area contributed by atoms with Crippen molar-refractivity contribution >= 4 is 42.2 Å². The van der Waals surface area contributed by atoms with E-state index in [1.807, 2.05) is 35.7 Å². The molecular weight excluding hydrogens is 440 g/mol. The summed E-state index contributed by atoms with van der Waals surface area (Å²) >= 11 is 3.78. The second kappa shape index (κ2) is 12.5. The Morgan fingerprint density at radius 1 is 0.871 bits per heavy atom. The molecule has 2 aromatic carbocycles. The minimum atomic E-state index is -2.79. The number of thioether (sulfide) groups is 2. The van der Waals surface area contributed by atoms with Gasteiger partial charge in [-0.1, -0.05) is 95.3 Å². The summed E-state index contributed by atoms with van der Waals surface area (Å²) in [4.78, 5) is 0. The van der Waals surface area contributed by atoms with Gasteiger partial charge in [-0.3, -0.25) is 0 Å². The first kappa shape index (κ1) is 26.5. The van der Waals surface area contributed by atoms with Crippen molar-refractivity contribution in [3.05, 3.63) is 60.7 Å². The zero-order valence-electron chi connectivity index (χ0n) is 19.5. The molecule has 0 bridgehead atoms. The Hall–Kier alpha value is -0.763. The van der Waals surface area contributed by atoms with Crippen LogP contribution < -0.4 is 10.4 Å². The van der Waals surface area contributed by atoms with Crippen molar-refractivity contribution in [3.8, 4) is 0 Å². The Morgan fingerprint density at radius 2 is 1.32 bits per heavy atom. The number of hydrogen-bond acceptors (Lipinski definition) is 5. The average Bonchev–Trinajstić information content (AvgIpc) is 2.76. The SMILES string of the molecule is CCSC(C[C@@H](O[Si](c1ccccc1)(c1ccccc1)C(C)(C)C)[C@@H](O)CO)SCC. The van der Waals surface area contributed by atoms with Crippen LogP contribution in [-0.4, -0.2) is 53.4 Å². The van der Waals surface area contributed by atoms with Crippen LogP contribution in [0.15, 0.2) is 60.7 Å². The Morgan fingerprint density at radius 3 is 1.68 bits per heavy atom. The maximum atomic E-state index is 10.9. The Labute approximate surface area is 198 Å². The summed E-state index contributed by atoms with van der Waals surface area (Å²) in [7, 11) is -2.79. The average molecular weight is 479 g/mol. The van der Waals surface area contributed by atoms with Gasteiger partial charge in [-0.05, 0) is 33.3 Å². The molecule has 3 nitrogen and oxygen atoms in total. The second-order valence-corrected chi connectivity index (χ2v) is 16.2. The van der Waals surface area contributed by atoms with Gasteiger partial charge in [0.15, 0.2) is 0 Å². The van der Waals surface area contributed by atoms with Crippen LogP contribution in [0.1, 0.15) is 41.0 Å². The van der Waals surface area contributed by atoms with E-state index in [9.17, 15) is 10.2 Å². The van der Waals surface area contributed by atoms with E-state index < -0.39 is 20.5 Å². The molecule has 6 heteroatoms. The van der Waals surface area contributed by atoms with Gasteiger partial charge in [-0.2, -0.15) is 0 Å². The van der Waals surface area contributed by atoms with Crippen LogP contribution >= 0.6 is 23.5 Å². The fourth-order valence-corrected chi connectivity index (χ4v) is 11.4. The van der Waals surface area contributed by atoms with E-state index in [4.69, 9.17) is 4.43 Å². The van der Waals surface area contributed by atoms with Crippen molar-refractivity contribution in [1.29, 1.82) is 0 Å². The normalized spacial score (nSPS) is 14.6. The lowest BCUT2D eigenvalue weighted by atomic mass is 10.2. The maximum Gasteiger partial charge on any atom is 0.261 e. The van der Waals surface area contributed by atoms with Crippen molar-refractivity contribution in [2.45, 2.75) is 62.9 Å². The largest absolute Gasteiger partial charge is 0.402 e. The molecule has 2 atom stereocenters. The van der Waals surface area contributed by atoms with Gasteiger partial charge in [0.05, 0.1) is 17.3 Å². The lowest BCUT2D eigenvalue weighted by molar-refractivity contribution is -0.00703. The number of rotatable bonds is 12. The van der Waals surface area contributed by atoms with Crippen molar-refractivity contribution in [3.63, 3.8) is 0 Å². The quantitative estimate of drug-likeness (QED) is 0.347. The van der Waals surface area contributed by atoms with Crippen molar-refractivity contribution in [2.24, 2.45) is 0 Å². The highest BCUT2D eigenvalue weighted by Gasteiger charge is 2.52. The highest BCUT2D eigenvalue weighted by Crippen LogP contribution is 2.39. The molecule has 0 heterocycles. The van der Waals surface area contributed by atoms with Crippen molar-refractivity contribution in [2.75, 3.05) is 18.1 Å². The topological polar surface area (TPSA) is 49.7 Å². The zero-order valence-corrected chi connectivity index (χ0v) is 22.1. The summed E-state index contributed by atoms with van der Waals surface area (Å²) in [6, 6.07) is 21.0. The van der Waals surface area contributed by atoms with Gasteiger partial charge in [-0.15, -0.1) is 23.5 Å². The number of hydrogen-bond donors (Lipinski definition) is 2. The van der Waals surface area contributed by atoms with Gasteiger partial charge < -0.3 is 14.6 Å². The van der Waals surface area contributed by atoms with Crippen LogP contribution in [0, 0.1) is 0 Å². The molecule has 2 aromatic rings. The molecular formula is C25H38O3S2Si. The highest BCUT2D eigenvalue weighted by atomic mass is 32.2. The fourth-order valence-electron chi connectivity index (χ4n) is 4.07. The number of aliphatic hydroxyl groups is 2. The summed E-state index contributed by atoms with van der Waals surface area (Å²) in [6.45, 7) is 10.7. The first-order valence-corrected chi connectivity index (χ1v) is 15.1. The highest BCUT2D eigenvalue weighted by molar-refractivity contribution is 8.16. The molecule has 0 fully saturated rings. The monoisotopic (exact) mass is 478 g/mol. The third kappa shape index (κ3) is 6.62. The molecule has 0 aliphatic heterocycles. The molecule has 0 aliphatic rings. The summed E-state index contributed by atoms with van der Waals surface area (Å²) in [5.41, 5.74) is 0. The molecule has 2 rings (SSSR count). The minimum absolute atomic E-state index is 0.172. The Bertz CT molecular complexity index is 707. The zero-order chi connectivity index (χ0) is 22.9. The maximum absolute atomic E-state index is 10.9. The van der Waals surface area contributed by atoms with E-state index in [1.165, 1.54) is 10.4 Å². The molecule has 172 valence electrons. The van der Waals surface area contributed by atoms with E-state index >= 15 is 0 Å². The first-order chi connectivity index (χ1) is 14.8. The molecule has 0 saturated carbocycles. The number of benzene rings is 2. The van der Waals surface area contributed by atoms with Gasteiger partial charge in [-0.25, -0.2) is 0 Å². The summed E-state index contributed by atoms with van der Waals surface area (Å²) in [5.74, 6) is 2.03. The van der Waals surface area contributed by atoms with Gasteiger partial charge >= 0.3 is 0 Å². The number of aliphatic hydroxyl groups excluding tert-OH is 2. The summed E-state index contributed by atoms with van der Waals surface area (Å²) in [6.07, 6.45) is -0.665. The molecule has 2 N–H and O–H groups in total. The first-order valence-electron chi connectivity index (χ1n) is 11.1. The third-order valence-corrected chi connectivity index (χ3v) is 13.2. The molecule has 0 radical (unpaired) electrons. The van der Waals surface area contributed by atoms with E-state index in [0.717, 1.165) is 11.5 Å². The van der Waals surface area contributed by atoms with Crippen LogP contribution in [0.3, 0.4) is 0 Å². The smallest absolute Gasteiger partial charge is 0.261 e. The predicted molar refractivity (Wildman–Crippen MR) is 140 cm³/mol. The minimum Gasteiger partial charge on any atom is -0.402 e. The van der Waals surface area contributed by atoms with E-state index in [-0.39, 0.29) is 11.6 Å². The second-order valence-electron chi connectivity index (χ2n) is 8.65. The predicted octanol–water partition coefficient (Wildman–Crippen LogP) is 4.51. The Kier molecular flexibility index (Phi) is 10.7. The van der Waals surface area contributed by atoms with E-state index in [1.54, 1.807) is 0 Å². The molecule has 0 unspecified atom stereocenters. The molecule has 0 saturated heterocycles. The van der Waals surface area contributed by atoms with Crippen LogP contribution in [0.4, 0.5) is 0 Å². The lowest BCUT2D eigenvalue weighted by Gasteiger charge is -2.46. The van der Waals surface area contributed by atoms with Crippen LogP contribution in [0.25, 0.3) is 0 Å². The molecule has 31 heavy (non-hydrogen) atoms. The molecule has 0 aliphatic carbocycles. The van der Waals surface area contributed by atoms with Gasteiger partial charge in [0, 0.05) is 0 Å². The van der Waals surface area contributed by atoms with E-state index in [2.05, 4.69) is 83.1 Å². The molecule has 0 aromatic heterocycles. The van der Waals surface area contributed by atoms with Crippen LogP contribution in [0.5, 0.6) is 0 Å². The van der Waals surface area contributed by atoms with Crippen molar-refractivity contribution < 1.29 is 14.6 Å². The standard InChI is InChI=1S/C25H38O3S2Si/c1-6-29-24(30-7-2)18-23(22(27)19-26)28-31(25(3,4)5,20-14-10-8-11-15-20)21-16-12-9-13-17-21/h8-17,22-24,26-27H,6-7,18-19H2,1-5H3/t22-,23+/m0/s1. The Balaban J connectivity index is 2.60. The summed E-state index contributed by atoms with van der Waals surface area (Å²) in [5, 5.41) is 22.9. The van der Waals surface area contributed by atoms with Gasteiger partial charge in [0.2, 0.25) is 0 Å². The van der Waals surface area contributed by atoms with Crippen LogP contribution in [-0.2, 0) is 4.43 Å². The molecule has 0 amide bonds. The molecule has 0 spiro atoms. The van der Waals surface area contributed by atoms with Gasteiger partial charge in [0.1, 0.15) is 6.10 Å².